The van der Waals surface area contributed by atoms with E-state index in [1.807, 2.05) is 24.3 Å². The Balaban J connectivity index is 2.23. The molecule has 2 N–H and O–H groups in total. The molecule has 0 spiro atoms. The number of nitrogens with zero attached hydrogens (tertiary/aromatic N) is 2. The molecule has 0 atom stereocenters. The fourth-order valence-corrected chi connectivity index (χ4v) is 1.88. The van der Waals surface area contributed by atoms with Gasteiger partial charge in [0.1, 0.15) is 0 Å². The van der Waals surface area contributed by atoms with Gasteiger partial charge in [0.25, 0.3) is 0 Å². The number of nitrogens with two attached hydrogens (primary N) is 1. The highest BCUT2D eigenvalue weighted by Crippen LogP contribution is 2.22. The van der Waals surface area contributed by atoms with E-state index in [9.17, 15) is 0 Å². The smallest absolute Gasteiger partial charge is 0.319 e. The highest BCUT2D eigenvalue weighted by molar-refractivity contribution is 7.99. The minimum absolute atomic E-state index is 0.0945. The van der Waals surface area contributed by atoms with Gasteiger partial charge in [-0.05, 0) is 30.0 Å². The first kappa shape index (κ1) is 10.0. The molecule has 2 rings (SSSR count). The number of benzene rings is 1. The first-order valence-corrected chi connectivity index (χ1v) is 5.60. The van der Waals surface area contributed by atoms with Crippen LogP contribution in [0.1, 0.15) is 6.92 Å². The number of rotatable bonds is 3. The summed E-state index contributed by atoms with van der Waals surface area (Å²) in [6.07, 6.45) is 0. The number of hydrogen-bond donors (Lipinski definition) is 1. The van der Waals surface area contributed by atoms with Crippen molar-refractivity contribution in [2.24, 2.45) is 0 Å². The van der Waals surface area contributed by atoms with E-state index in [4.69, 9.17) is 10.3 Å². The van der Waals surface area contributed by atoms with Gasteiger partial charge in [0.2, 0.25) is 5.82 Å². The van der Waals surface area contributed by atoms with Crippen molar-refractivity contribution in [2.45, 2.75) is 11.8 Å². The fraction of sp³-hybridized carbons (Fsp3) is 0.200. The van der Waals surface area contributed by atoms with Crippen LogP contribution < -0.4 is 5.73 Å². The SMILES string of the molecule is CCSc1ccc(-c2noc(N)n2)cc1. The molecule has 0 aliphatic carbocycles. The lowest BCUT2D eigenvalue weighted by Gasteiger charge is -1.98. The molecule has 0 fully saturated rings. The van der Waals surface area contributed by atoms with Crippen molar-refractivity contribution < 1.29 is 4.52 Å². The van der Waals surface area contributed by atoms with E-state index in [1.165, 1.54) is 4.90 Å². The summed E-state index contributed by atoms with van der Waals surface area (Å²) in [5.41, 5.74) is 6.26. The molecule has 1 aromatic carbocycles. The van der Waals surface area contributed by atoms with Crippen LogP contribution in [0.2, 0.25) is 0 Å². The third-order valence-corrected chi connectivity index (χ3v) is 2.76. The van der Waals surface area contributed by atoms with Crippen LogP contribution in [0.3, 0.4) is 0 Å². The maximum Gasteiger partial charge on any atom is 0.319 e. The van der Waals surface area contributed by atoms with E-state index in [0.29, 0.717) is 5.82 Å². The fourth-order valence-electron chi connectivity index (χ4n) is 1.22. The van der Waals surface area contributed by atoms with Gasteiger partial charge in [-0.1, -0.05) is 12.1 Å². The molecular formula is C10H11N3OS. The Morgan fingerprint density at radius 3 is 2.60 bits per heavy atom. The van der Waals surface area contributed by atoms with E-state index >= 15 is 0 Å². The molecule has 0 radical (unpaired) electrons. The summed E-state index contributed by atoms with van der Waals surface area (Å²) in [6.45, 7) is 2.12. The van der Waals surface area contributed by atoms with Gasteiger partial charge in [-0.2, -0.15) is 4.98 Å². The zero-order valence-corrected chi connectivity index (χ0v) is 9.12. The highest BCUT2D eigenvalue weighted by atomic mass is 32.2. The maximum absolute atomic E-state index is 5.35. The molecule has 1 heterocycles. The van der Waals surface area contributed by atoms with Crippen LogP contribution in [0.4, 0.5) is 6.01 Å². The van der Waals surface area contributed by atoms with Crippen LogP contribution in [0.25, 0.3) is 11.4 Å². The third-order valence-electron chi connectivity index (χ3n) is 1.87. The molecule has 78 valence electrons. The number of nitrogen functional groups attached to an aromatic ring is 1. The van der Waals surface area contributed by atoms with Crippen LogP contribution in [0, 0.1) is 0 Å². The van der Waals surface area contributed by atoms with E-state index in [1.54, 1.807) is 11.8 Å². The molecular weight excluding hydrogens is 210 g/mol. The summed E-state index contributed by atoms with van der Waals surface area (Å²) in [7, 11) is 0. The third kappa shape index (κ3) is 2.30. The normalized spacial score (nSPS) is 10.5. The van der Waals surface area contributed by atoms with Gasteiger partial charge < -0.3 is 10.3 Å². The zero-order chi connectivity index (χ0) is 10.7. The lowest BCUT2D eigenvalue weighted by molar-refractivity contribution is 0.437. The van der Waals surface area contributed by atoms with Crippen molar-refractivity contribution in [3.63, 3.8) is 0 Å². The van der Waals surface area contributed by atoms with Gasteiger partial charge in [0.15, 0.2) is 0 Å². The van der Waals surface area contributed by atoms with Gasteiger partial charge in [0, 0.05) is 10.5 Å². The molecule has 5 heteroatoms. The molecule has 0 aliphatic heterocycles. The number of hydrogen-bond acceptors (Lipinski definition) is 5. The Morgan fingerprint density at radius 2 is 2.07 bits per heavy atom. The van der Waals surface area contributed by atoms with Gasteiger partial charge >= 0.3 is 6.01 Å². The number of anilines is 1. The van der Waals surface area contributed by atoms with Crippen LogP contribution in [-0.4, -0.2) is 15.9 Å². The molecule has 15 heavy (non-hydrogen) atoms. The highest BCUT2D eigenvalue weighted by Gasteiger charge is 2.05. The van der Waals surface area contributed by atoms with Gasteiger partial charge in [-0.25, -0.2) is 0 Å². The van der Waals surface area contributed by atoms with Crippen LogP contribution in [0.5, 0.6) is 0 Å². The van der Waals surface area contributed by atoms with Crippen LogP contribution in [0.15, 0.2) is 33.7 Å². The van der Waals surface area contributed by atoms with Gasteiger partial charge in [-0.3, -0.25) is 0 Å². The lowest BCUT2D eigenvalue weighted by Crippen LogP contribution is -1.84. The quantitative estimate of drug-likeness (QED) is 0.806. The van der Waals surface area contributed by atoms with Crippen molar-refractivity contribution in [3.05, 3.63) is 24.3 Å². The second-order valence-corrected chi connectivity index (χ2v) is 4.25. The molecule has 2 aromatic rings. The maximum atomic E-state index is 5.35. The number of aromatic nitrogens is 2. The monoisotopic (exact) mass is 221 g/mol. The molecule has 0 bridgehead atoms. The predicted molar refractivity (Wildman–Crippen MR) is 60.5 cm³/mol. The summed E-state index contributed by atoms with van der Waals surface area (Å²) in [6, 6.07) is 8.09. The van der Waals surface area contributed by atoms with E-state index in [2.05, 4.69) is 17.1 Å². The topological polar surface area (TPSA) is 64.9 Å². The zero-order valence-electron chi connectivity index (χ0n) is 8.30. The summed E-state index contributed by atoms with van der Waals surface area (Å²) in [5.74, 6) is 1.59. The molecule has 0 amide bonds. The van der Waals surface area contributed by atoms with Crippen molar-refractivity contribution in [3.8, 4) is 11.4 Å². The Morgan fingerprint density at radius 1 is 1.33 bits per heavy atom. The first-order valence-electron chi connectivity index (χ1n) is 4.62. The van der Waals surface area contributed by atoms with Crippen molar-refractivity contribution >= 4 is 17.8 Å². The minimum atomic E-state index is 0.0945. The van der Waals surface area contributed by atoms with Crippen molar-refractivity contribution in [1.82, 2.24) is 10.1 Å². The van der Waals surface area contributed by atoms with Crippen molar-refractivity contribution in [1.29, 1.82) is 0 Å². The lowest BCUT2D eigenvalue weighted by atomic mass is 10.2. The van der Waals surface area contributed by atoms with E-state index in [0.717, 1.165) is 11.3 Å². The average Bonchev–Trinajstić information content (AvgIpc) is 2.67. The number of thioether (sulfide) groups is 1. The largest absolute Gasteiger partial charge is 0.351 e. The Kier molecular flexibility index (Phi) is 2.91. The van der Waals surface area contributed by atoms with Gasteiger partial charge in [0.05, 0.1) is 0 Å². The van der Waals surface area contributed by atoms with Gasteiger partial charge in [-0.15, -0.1) is 11.8 Å². The van der Waals surface area contributed by atoms with E-state index < -0.39 is 0 Å². The summed E-state index contributed by atoms with van der Waals surface area (Å²) < 4.78 is 4.71. The summed E-state index contributed by atoms with van der Waals surface area (Å²) in [4.78, 5) is 5.18. The predicted octanol–water partition coefficient (Wildman–Crippen LogP) is 2.43. The summed E-state index contributed by atoms with van der Waals surface area (Å²) in [5, 5.41) is 3.74. The molecule has 0 saturated carbocycles. The Bertz CT molecular complexity index is 438. The molecule has 0 saturated heterocycles. The Hall–Kier alpha value is -1.49. The minimum Gasteiger partial charge on any atom is -0.351 e. The molecule has 0 aliphatic rings. The molecule has 4 nitrogen and oxygen atoms in total. The second kappa shape index (κ2) is 4.35. The first-order chi connectivity index (χ1) is 7.29. The Labute approximate surface area is 91.9 Å². The molecule has 1 aromatic heterocycles. The summed E-state index contributed by atoms with van der Waals surface area (Å²) >= 11 is 1.80. The van der Waals surface area contributed by atoms with E-state index in [-0.39, 0.29) is 6.01 Å². The average molecular weight is 221 g/mol. The molecule has 0 unspecified atom stereocenters. The second-order valence-electron chi connectivity index (χ2n) is 2.91. The van der Waals surface area contributed by atoms with Crippen LogP contribution >= 0.6 is 11.8 Å². The standard InChI is InChI=1S/C10H11N3OS/c1-2-15-8-5-3-7(4-6-8)9-12-10(11)14-13-9/h3-6H,2H2,1H3,(H2,11,12,13). The van der Waals surface area contributed by atoms with Crippen LogP contribution in [-0.2, 0) is 0 Å². The van der Waals surface area contributed by atoms with Crippen molar-refractivity contribution in [2.75, 3.05) is 11.5 Å².